The Morgan fingerprint density at radius 3 is 2.46 bits per heavy atom. The van der Waals surface area contributed by atoms with Crippen LogP contribution in [0.5, 0.6) is 5.75 Å². The molecule has 2 aromatic rings. The fourth-order valence-electron chi connectivity index (χ4n) is 1.87. The maximum Gasteiger partial charge on any atom is 0.573 e. The number of nitrogens with one attached hydrogen (secondary N) is 2. The van der Waals surface area contributed by atoms with Gasteiger partial charge in [0.15, 0.2) is 5.96 Å². The lowest BCUT2D eigenvalue weighted by Crippen LogP contribution is -2.28. The van der Waals surface area contributed by atoms with Crippen LogP contribution in [0.3, 0.4) is 0 Å². The molecule has 0 spiro atoms. The van der Waals surface area contributed by atoms with Crippen LogP contribution in [-0.4, -0.2) is 38.8 Å². The monoisotopic (exact) mass is 531 g/mol. The minimum Gasteiger partial charge on any atom is -0.406 e. The van der Waals surface area contributed by atoms with Gasteiger partial charge in [-0.1, -0.05) is 0 Å². The van der Waals surface area contributed by atoms with Gasteiger partial charge in [0.05, 0.1) is 6.54 Å². The fraction of sp³-hybridized carbons (Fsp3) is 0.200. The van der Waals surface area contributed by atoms with E-state index in [-0.39, 0.29) is 53.7 Å². The Labute approximate surface area is 176 Å². The number of pyridine rings is 1. The van der Waals surface area contributed by atoms with Gasteiger partial charge in [-0.15, -0.1) is 37.1 Å². The van der Waals surface area contributed by atoms with E-state index in [1.54, 1.807) is 0 Å². The summed E-state index contributed by atoms with van der Waals surface area (Å²) in [7, 11) is -3.69. The van der Waals surface area contributed by atoms with E-state index in [1.165, 1.54) is 36.7 Å². The van der Waals surface area contributed by atoms with E-state index < -0.39 is 16.4 Å². The van der Waals surface area contributed by atoms with Gasteiger partial charge in [0.1, 0.15) is 10.6 Å². The van der Waals surface area contributed by atoms with Gasteiger partial charge in [-0.25, -0.2) is 13.1 Å². The summed E-state index contributed by atoms with van der Waals surface area (Å²) in [4.78, 5) is 7.69. The largest absolute Gasteiger partial charge is 0.573 e. The molecule has 0 aliphatic heterocycles. The Morgan fingerprint density at radius 2 is 1.89 bits per heavy atom. The van der Waals surface area contributed by atoms with Gasteiger partial charge < -0.3 is 15.8 Å². The molecule has 1 aromatic carbocycles. The first-order chi connectivity index (χ1) is 12.7. The molecule has 28 heavy (non-hydrogen) atoms. The summed E-state index contributed by atoms with van der Waals surface area (Å²) in [5, 5.41) is 2.66. The molecule has 13 heteroatoms. The molecule has 0 radical (unpaired) electrons. The number of aliphatic imine (C=N–C) groups is 1. The molecule has 0 bridgehead atoms. The Bertz CT molecular complexity index is 878. The average Bonchev–Trinajstić information content (AvgIpc) is 2.60. The van der Waals surface area contributed by atoms with Gasteiger partial charge >= 0.3 is 6.36 Å². The number of halogens is 4. The second-order valence-electron chi connectivity index (χ2n) is 5.05. The molecule has 1 aromatic heterocycles. The predicted octanol–water partition coefficient (Wildman–Crippen LogP) is 2.30. The van der Waals surface area contributed by atoms with Crippen molar-refractivity contribution in [1.29, 1.82) is 0 Å². The number of alkyl halides is 3. The molecule has 1 heterocycles. The SMILES string of the molecule is I.NC(=NCCNS(=O)(=O)c1cccnc1)Nc1ccc(OC(F)(F)F)cc1. The standard InChI is InChI=1S/C15H16F3N5O3S.HI/c16-15(17,18)26-12-5-3-11(4-6-12)23-14(19)21-8-9-22-27(24,25)13-2-1-7-20-10-13;/h1-7,10,22H,8-9H2,(H3,19,21,23);1H. The van der Waals surface area contributed by atoms with E-state index in [0.717, 1.165) is 12.1 Å². The molecule has 0 atom stereocenters. The summed E-state index contributed by atoms with van der Waals surface area (Å²) in [6, 6.07) is 7.79. The van der Waals surface area contributed by atoms with Gasteiger partial charge in [-0.05, 0) is 36.4 Å². The molecule has 8 nitrogen and oxygen atoms in total. The van der Waals surface area contributed by atoms with Crippen molar-refractivity contribution in [3.05, 3.63) is 48.8 Å². The van der Waals surface area contributed by atoms with E-state index >= 15 is 0 Å². The molecule has 0 saturated carbocycles. The first kappa shape index (κ1) is 23.9. The zero-order chi connectivity index (χ0) is 19.9. The maximum absolute atomic E-state index is 12.1. The number of anilines is 1. The highest BCUT2D eigenvalue weighted by molar-refractivity contribution is 14.0. The number of aromatic nitrogens is 1. The molecule has 2 rings (SSSR count). The molecule has 0 aliphatic rings. The first-order valence-corrected chi connectivity index (χ1v) is 8.96. The summed E-state index contributed by atoms with van der Waals surface area (Å²) in [5.74, 6) is -0.395. The molecule has 0 amide bonds. The number of nitrogens with zero attached hydrogens (tertiary/aromatic N) is 2. The van der Waals surface area contributed by atoms with Crippen LogP contribution in [0.1, 0.15) is 0 Å². The third-order valence-electron chi connectivity index (χ3n) is 2.99. The van der Waals surface area contributed by atoms with Gasteiger partial charge in [0.25, 0.3) is 0 Å². The maximum atomic E-state index is 12.1. The number of benzene rings is 1. The Morgan fingerprint density at radius 1 is 1.21 bits per heavy atom. The second kappa shape index (κ2) is 10.4. The van der Waals surface area contributed by atoms with Crippen molar-refractivity contribution < 1.29 is 26.3 Å². The number of nitrogens with two attached hydrogens (primary N) is 1. The topological polar surface area (TPSA) is 119 Å². The fourth-order valence-corrected chi connectivity index (χ4v) is 2.86. The van der Waals surface area contributed by atoms with Crippen molar-refractivity contribution in [3.63, 3.8) is 0 Å². The Kier molecular flexibility index (Phi) is 8.90. The summed E-state index contributed by atoms with van der Waals surface area (Å²) < 4.78 is 66.3. The number of rotatable bonds is 7. The number of guanidine groups is 1. The molecular weight excluding hydrogens is 514 g/mol. The second-order valence-corrected chi connectivity index (χ2v) is 6.82. The van der Waals surface area contributed by atoms with E-state index in [9.17, 15) is 21.6 Å². The average molecular weight is 531 g/mol. The van der Waals surface area contributed by atoms with E-state index in [1.807, 2.05) is 0 Å². The van der Waals surface area contributed by atoms with E-state index in [4.69, 9.17) is 5.73 Å². The molecule has 0 saturated heterocycles. The molecule has 0 aliphatic carbocycles. The molecule has 0 fully saturated rings. The highest BCUT2D eigenvalue weighted by atomic mass is 127. The van der Waals surface area contributed by atoms with E-state index in [2.05, 4.69) is 24.8 Å². The van der Waals surface area contributed by atoms with Crippen LogP contribution in [-0.2, 0) is 10.0 Å². The lowest BCUT2D eigenvalue weighted by atomic mass is 10.3. The number of ether oxygens (including phenoxy) is 1. The first-order valence-electron chi connectivity index (χ1n) is 7.48. The summed E-state index contributed by atoms with van der Waals surface area (Å²) >= 11 is 0. The minimum atomic E-state index is -4.77. The predicted molar refractivity (Wildman–Crippen MR) is 108 cm³/mol. The van der Waals surface area contributed by atoms with Crippen molar-refractivity contribution in [1.82, 2.24) is 9.71 Å². The normalized spacial score (nSPS) is 12.2. The van der Waals surface area contributed by atoms with Crippen LogP contribution in [0.4, 0.5) is 18.9 Å². The summed E-state index contributed by atoms with van der Waals surface area (Å²) in [6.45, 7) is 0.0472. The summed E-state index contributed by atoms with van der Waals surface area (Å²) in [6.07, 6.45) is -2.09. The van der Waals surface area contributed by atoms with Crippen LogP contribution < -0.4 is 20.5 Å². The zero-order valence-corrected chi connectivity index (χ0v) is 17.3. The molecule has 4 N–H and O–H groups in total. The Balaban J connectivity index is 0.00000392. The van der Waals surface area contributed by atoms with Gasteiger partial charge in [-0.3, -0.25) is 9.98 Å². The quantitative estimate of drug-likeness (QED) is 0.219. The van der Waals surface area contributed by atoms with Crippen LogP contribution in [0, 0.1) is 0 Å². The zero-order valence-electron chi connectivity index (χ0n) is 14.2. The van der Waals surface area contributed by atoms with Crippen molar-refractivity contribution >= 4 is 45.6 Å². The van der Waals surface area contributed by atoms with Crippen LogP contribution in [0.25, 0.3) is 0 Å². The third kappa shape index (κ3) is 8.26. The number of sulfonamides is 1. The minimum absolute atomic E-state index is 0. The lowest BCUT2D eigenvalue weighted by molar-refractivity contribution is -0.274. The van der Waals surface area contributed by atoms with Crippen molar-refractivity contribution in [2.45, 2.75) is 11.3 Å². The molecular formula is C15H17F3IN5O3S. The van der Waals surface area contributed by atoms with Crippen molar-refractivity contribution in [3.8, 4) is 5.75 Å². The molecule has 154 valence electrons. The number of hydrogen-bond acceptors (Lipinski definition) is 5. The van der Waals surface area contributed by atoms with Crippen LogP contribution >= 0.6 is 24.0 Å². The van der Waals surface area contributed by atoms with Crippen LogP contribution in [0.15, 0.2) is 58.7 Å². The smallest absolute Gasteiger partial charge is 0.406 e. The molecule has 0 unspecified atom stereocenters. The highest BCUT2D eigenvalue weighted by Gasteiger charge is 2.30. The van der Waals surface area contributed by atoms with Crippen molar-refractivity contribution in [2.75, 3.05) is 18.4 Å². The number of hydrogen-bond donors (Lipinski definition) is 3. The van der Waals surface area contributed by atoms with Crippen LogP contribution in [0.2, 0.25) is 0 Å². The summed E-state index contributed by atoms with van der Waals surface area (Å²) in [5.41, 5.74) is 6.04. The van der Waals surface area contributed by atoms with E-state index in [0.29, 0.717) is 5.69 Å². The van der Waals surface area contributed by atoms with Crippen molar-refractivity contribution in [2.24, 2.45) is 10.7 Å². The van der Waals surface area contributed by atoms with Gasteiger partial charge in [-0.2, -0.15) is 0 Å². The Hall–Kier alpha value is -2.13. The lowest BCUT2D eigenvalue weighted by Gasteiger charge is -2.10. The highest BCUT2D eigenvalue weighted by Crippen LogP contribution is 2.23. The third-order valence-corrected chi connectivity index (χ3v) is 4.44. The van der Waals surface area contributed by atoms with Gasteiger partial charge in [0.2, 0.25) is 10.0 Å². The van der Waals surface area contributed by atoms with Gasteiger partial charge in [0, 0.05) is 24.6 Å².